The molecule has 0 aliphatic rings. The van der Waals surface area contributed by atoms with Gasteiger partial charge in [0.25, 0.3) is 11.2 Å². The number of aromatic nitrogens is 2. The van der Waals surface area contributed by atoms with Crippen LogP contribution >= 0.6 is 11.3 Å². The Morgan fingerprint density at radius 3 is 2.52 bits per heavy atom. The molecule has 0 spiro atoms. The molecule has 0 saturated heterocycles. The van der Waals surface area contributed by atoms with Crippen molar-refractivity contribution < 1.29 is 13.2 Å². The fourth-order valence-corrected chi connectivity index (χ4v) is 4.41. The van der Waals surface area contributed by atoms with Crippen LogP contribution < -0.4 is 5.56 Å². The Bertz CT molecular complexity index is 1400. The normalized spacial score (nSPS) is 11.4. The molecule has 2 heterocycles. The van der Waals surface area contributed by atoms with Gasteiger partial charge in [-0.25, -0.2) is 9.83 Å². The van der Waals surface area contributed by atoms with Gasteiger partial charge in [-0.15, -0.1) is 11.3 Å². The number of hydrogen-bond acceptors (Lipinski definition) is 3. The molecule has 0 bridgehead atoms. The van der Waals surface area contributed by atoms with Gasteiger partial charge in [-0.3, -0.25) is 4.79 Å². The molecule has 0 aliphatic carbocycles. The van der Waals surface area contributed by atoms with Gasteiger partial charge in [0, 0.05) is 17.5 Å². The van der Waals surface area contributed by atoms with Crippen LogP contribution in [-0.2, 0) is 19.1 Å². The molecule has 4 aromatic rings. The Hall–Kier alpha value is -3.70. The highest BCUT2D eigenvalue weighted by atomic mass is 32.1. The zero-order valence-electron chi connectivity index (χ0n) is 17.6. The lowest BCUT2D eigenvalue weighted by molar-refractivity contribution is -0.136. The average Bonchev–Trinajstić information content (AvgIpc) is 3.21. The van der Waals surface area contributed by atoms with Crippen molar-refractivity contribution in [2.24, 2.45) is 0 Å². The molecule has 166 valence electrons. The van der Waals surface area contributed by atoms with Crippen LogP contribution in [0.3, 0.4) is 0 Å². The Balaban J connectivity index is 1.81. The van der Waals surface area contributed by atoms with Gasteiger partial charge in [-0.2, -0.15) is 13.2 Å². The second-order valence-electron chi connectivity index (χ2n) is 7.56. The number of alkyl halides is 3. The van der Waals surface area contributed by atoms with Crippen molar-refractivity contribution in [2.45, 2.75) is 26.1 Å². The fourth-order valence-electron chi connectivity index (χ4n) is 3.60. The second-order valence-corrected chi connectivity index (χ2v) is 8.50. The van der Waals surface area contributed by atoms with Crippen molar-refractivity contribution in [3.05, 3.63) is 115 Å². The smallest absolute Gasteiger partial charge is 0.311 e. The lowest BCUT2D eigenvalue weighted by Crippen LogP contribution is -2.25. The molecule has 8 heteroatoms. The third kappa shape index (κ3) is 4.89. The second kappa shape index (κ2) is 9.04. The molecule has 4 rings (SSSR count). The minimum absolute atomic E-state index is 0.0337. The van der Waals surface area contributed by atoms with Crippen molar-refractivity contribution in [1.29, 1.82) is 0 Å². The van der Waals surface area contributed by atoms with Crippen molar-refractivity contribution in [3.8, 4) is 11.3 Å². The minimum atomic E-state index is -4.82. The van der Waals surface area contributed by atoms with Crippen molar-refractivity contribution in [1.82, 2.24) is 9.55 Å². The zero-order valence-corrected chi connectivity index (χ0v) is 18.4. The molecule has 4 nitrogen and oxygen atoms in total. The summed E-state index contributed by atoms with van der Waals surface area (Å²) in [5.74, 6) is 0. The van der Waals surface area contributed by atoms with Crippen LogP contribution in [0.1, 0.15) is 27.4 Å². The van der Waals surface area contributed by atoms with Gasteiger partial charge in [0.05, 0.1) is 29.4 Å². The first-order chi connectivity index (χ1) is 15.8. The van der Waals surface area contributed by atoms with Crippen LogP contribution in [0, 0.1) is 13.5 Å². The van der Waals surface area contributed by atoms with Gasteiger partial charge in [-0.1, -0.05) is 54.1 Å². The van der Waals surface area contributed by atoms with E-state index in [1.807, 2.05) is 43.3 Å². The van der Waals surface area contributed by atoms with Crippen LogP contribution in [0.5, 0.6) is 0 Å². The number of rotatable bonds is 5. The van der Waals surface area contributed by atoms with Gasteiger partial charge < -0.3 is 4.57 Å². The number of benzene rings is 2. The lowest BCUT2D eigenvalue weighted by Gasteiger charge is -2.17. The van der Waals surface area contributed by atoms with Gasteiger partial charge in [0.2, 0.25) is 0 Å². The Morgan fingerprint density at radius 2 is 1.85 bits per heavy atom. The molecule has 33 heavy (non-hydrogen) atoms. The van der Waals surface area contributed by atoms with Gasteiger partial charge in [0.15, 0.2) is 0 Å². The van der Waals surface area contributed by atoms with E-state index < -0.39 is 23.0 Å². The first kappa shape index (κ1) is 22.5. The number of nitrogens with zero attached hydrogens (tertiary/aromatic N) is 3. The maximum atomic E-state index is 13.7. The molecule has 0 radical (unpaired) electrons. The summed E-state index contributed by atoms with van der Waals surface area (Å²) in [6.07, 6.45) is -4.20. The molecule has 0 saturated carbocycles. The highest BCUT2D eigenvalue weighted by Crippen LogP contribution is 2.37. The number of aryl methyl sites for hydroxylation is 1. The predicted molar refractivity (Wildman–Crippen MR) is 123 cm³/mol. The first-order valence-corrected chi connectivity index (χ1v) is 10.9. The summed E-state index contributed by atoms with van der Waals surface area (Å²) in [4.78, 5) is 20.6. The van der Waals surface area contributed by atoms with E-state index in [9.17, 15) is 18.0 Å². The van der Waals surface area contributed by atoms with Crippen molar-refractivity contribution in [2.75, 3.05) is 0 Å². The van der Waals surface area contributed by atoms with E-state index >= 15 is 0 Å². The predicted octanol–water partition coefficient (Wildman–Crippen LogP) is 6.49. The summed E-state index contributed by atoms with van der Waals surface area (Å²) in [7, 11) is 0. The van der Waals surface area contributed by atoms with Crippen molar-refractivity contribution >= 4 is 17.0 Å². The minimum Gasteiger partial charge on any atom is -0.311 e. The third-order valence-corrected chi connectivity index (χ3v) is 6.02. The Kier molecular flexibility index (Phi) is 6.16. The molecule has 0 aliphatic heterocycles. The van der Waals surface area contributed by atoms with Crippen LogP contribution in [0.4, 0.5) is 18.9 Å². The van der Waals surface area contributed by atoms with Crippen LogP contribution in [0.2, 0.25) is 0 Å². The summed E-state index contributed by atoms with van der Waals surface area (Å²) in [5.41, 5.74) is -0.0904. The van der Waals surface area contributed by atoms with Crippen LogP contribution in [0.15, 0.2) is 70.8 Å². The Labute approximate surface area is 192 Å². The molecular weight excluding hydrogens is 447 g/mol. The van der Waals surface area contributed by atoms with E-state index in [0.717, 1.165) is 22.2 Å². The quantitative estimate of drug-likeness (QED) is 0.316. The van der Waals surface area contributed by atoms with E-state index in [1.165, 1.54) is 15.9 Å². The van der Waals surface area contributed by atoms with Crippen molar-refractivity contribution in [3.63, 3.8) is 0 Å². The summed E-state index contributed by atoms with van der Waals surface area (Å²) < 4.78 is 42.2. The summed E-state index contributed by atoms with van der Waals surface area (Å²) in [6.45, 7) is 9.00. The molecule has 0 atom stereocenters. The molecule has 0 unspecified atom stereocenters. The summed E-state index contributed by atoms with van der Waals surface area (Å²) >= 11 is 1.42. The fraction of sp³-hybridized carbons (Fsp3) is 0.160. The number of halogens is 3. The Morgan fingerprint density at radius 1 is 1.09 bits per heavy atom. The standard InChI is InChI=1S/C25H18F3N3OS/c1-16-7-6-10-18(11-16)21-13-20(25(26,27)28)23(29-2)24(32)31(21)14-19-15-33-22(30-19)12-17-8-4-3-5-9-17/h3-11,13,15H,12,14H2,1H3. The highest BCUT2D eigenvalue weighted by molar-refractivity contribution is 7.09. The SMILES string of the molecule is [C-]#[N+]c1c(C(F)(F)F)cc(-c2cccc(C)c2)n(Cc2csc(Cc3ccccc3)n2)c1=O. The molecule has 0 N–H and O–H groups in total. The number of thiazole rings is 1. The van der Waals surface area contributed by atoms with Gasteiger partial charge in [0.1, 0.15) is 0 Å². The number of hydrogen-bond donors (Lipinski definition) is 0. The summed E-state index contributed by atoms with van der Waals surface area (Å²) in [5, 5.41) is 2.62. The maximum Gasteiger partial charge on any atom is 0.407 e. The highest BCUT2D eigenvalue weighted by Gasteiger charge is 2.36. The molecular formula is C25H18F3N3OS. The molecule has 0 amide bonds. The number of pyridine rings is 1. The van der Waals surface area contributed by atoms with E-state index in [1.54, 1.807) is 23.6 Å². The van der Waals surface area contributed by atoms with E-state index in [0.29, 0.717) is 17.7 Å². The molecule has 0 fully saturated rings. The summed E-state index contributed by atoms with van der Waals surface area (Å²) in [6, 6.07) is 17.6. The first-order valence-electron chi connectivity index (χ1n) is 10.0. The topological polar surface area (TPSA) is 39.2 Å². The monoisotopic (exact) mass is 465 g/mol. The van der Waals surface area contributed by atoms with Gasteiger partial charge in [-0.05, 0) is 30.2 Å². The molecule has 2 aromatic carbocycles. The van der Waals surface area contributed by atoms with E-state index in [2.05, 4.69) is 9.83 Å². The average molecular weight is 466 g/mol. The third-order valence-electron chi connectivity index (χ3n) is 5.12. The van der Waals surface area contributed by atoms with Crippen LogP contribution in [-0.4, -0.2) is 9.55 Å². The van der Waals surface area contributed by atoms with Gasteiger partial charge >= 0.3 is 6.18 Å². The largest absolute Gasteiger partial charge is 0.407 e. The lowest BCUT2D eigenvalue weighted by atomic mass is 10.0. The van der Waals surface area contributed by atoms with E-state index in [4.69, 9.17) is 6.57 Å². The molecule has 2 aromatic heterocycles. The van der Waals surface area contributed by atoms with Crippen LogP contribution in [0.25, 0.3) is 16.1 Å². The zero-order chi connectivity index (χ0) is 23.6. The maximum absolute atomic E-state index is 13.7. The van der Waals surface area contributed by atoms with E-state index in [-0.39, 0.29) is 12.2 Å².